The molecule has 2 rings (SSSR count). The Labute approximate surface area is 124 Å². The first kappa shape index (κ1) is 14.6. The Bertz CT molecular complexity index is 622. The number of hydrogen-bond acceptors (Lipinski definition) is 4. The minimum atomic E-state index is -0.444. The van der Waals surface area contributed by atoms with Crippen LogP contribution in [-0.2, 0) is 4.79 Å². The van der Waals surface area contributed by atoms with Crippen molar-refractivity contribution in [2.24, 2.45) is 0 Å². The van der Waals surface area contributed by atoms with E-state index in [4.69, 9.17) is 17.3 Å². The molecular weight excluding hydrogens is 301 g/mol. The summed E-state index contributed by atoms with van der Waals surface area (Å²) in [5.74, 6) is -0.517. The third kappa shape index (κ3) is 4.11. The molecule has 1 amide bonds. The van der Waals surface area contributed by atoms with E-state index in [9.17, 15) is 9.18 Å². The number of rotatable bonds is 4. The van der Waals surface area contributed by atoms with Crippen molar-refractivity contribution in [2.75, 3.05) is 16.8 Å². The molecule has 0 atom stereocenters. The zero-order valence-electron chi connectivity index (χ0n) is 10.3. The van der Waals surface area contributed by atoms with E-state index in [2.05, 4.69) is 10.3 Å². The molecule has 3 N–H and O–H groups in total. The number of benzene rings is 1. The van der Waals surface area contributed by atoms with Crippen molar-refractivity contribution in [3.63, 3.8) is 0 Å². The molecule has 0 aliphatic heterocycles. The van der Waals surface area contributed by atoms with Crippen molar-refractivity contribution in [1.29, 1.82) is 0 Å². The molecule has 1 aromatic heterocycles. The molecule has 20 heavy (non-hydrogen) atoms. The summed E-state index contributed by atoms with van der Waals surface area (Å²) in [7, 11) is 0. The van der Waals surface area contributed by atoms with Crippen LogP contribution >= 0.6 is 23.4 Å². The number of carbonyl (C=O) groups excluding carboxylic acids is 1. The van der Waals surface area contributed by atoms with Gasteiger partial charge in [-0.05, 0) is 30.3 Å². The minimum absolute atomic E-state index is 0.172. The third-order valence-electron chi connectivity index (χ3n) is 2.34. The average molecular weight is 312 g/mol. The van der Waals surface area contributed by atoms with Gasteiger partial charge in [-0.2, -0.15) is 0 Å². The lowest BCUT2D eigenvalue weighted by atomic mass is 10.2. The van der Waals surface area contributed by atoms with Gasteiger partial charge in [-0.1, -0.05) is 23.4 Å². The van der Waals surface area contributed by atoms with Gasteiger partial charge in [0.2, 0.25) is 5.91 Å². The van der Waals surface area contributed by atoms with Gasteiger partial charge >= 0.3 is 0 Å². The normalized spacial score (nSPS) is 10.3. The molecule has 0 radical (unpaired) electrons. The van der Waals surface area contributed by atoms with Crippen molar-refractivity contribution < 1.29 is 9.18 Å². The number of hydrogen-bond donors (Lipinski definition) is 2. The molecule has 0 aliphatic carbocycles. The number of carbonyl (C=O) groups is 1. The summed E-state index contributed by atoms with van der Waals surface area (Å²) in [5.41, 5.74) is 6.18. The first-order valence-corrected chi connectivity index (χ1v) is 7.00. The Balaban J connectivity index is 1.90. The van der Waals surface area contributed by atoms with Crippen LogP contribution in [0.3, 0.4) is 0 Å². The Morgan fingerprint density at radius 3 is 2.85 bits per heavy atom. The van der Waals surface area contributed by atoms with Gasteiger partial charge in [0.1, 0.15) is 5.82 Å². The van der Waals surface area contributed by atoms with Crippen molar-refractivity contribution >= 4 is 40.6 Å². The predicted octanol–water partition coefficient (Wildman–Crippen LogP) is 3.19. The Kier molecular flexibility index (Phi) is 4.81. The Morgan fingerprint density at radius 2 is 2.20 bits per heavy atom. The highest BCUT2D eigenvalue weighted by Gasteiger charge is 2.07. The van der Waals surface area contributed by atoms with E-state index >= 15 is 0 Å². The minimum Gasteiger partial charge on any atom is -0.397 e. The fraction of sp³-hybridized carbons (Fsp3) is 0.0769. The van der Waals surface area contributed by atoms with Crippen LogP contribution < -0.4 is 11.1 Å². The third-order valence-corrected chi connectivity index (χ3v) is 3.51. The molecule has 104 valence electrons. The molecule has 4 nitrogen and oxygen atoms in total. The summed E-state index contributed by atoms with van der Waals surface area (Å²) in [6.07, 6.45) is 1.51. The summed E-state index contributed by atoms with van der Waals surface area (Å²) >= 11 is 6.99. The summed E-state index contributed by atoms with van der Waals surface area (Å²) in [5, 5.41) is 3.84. The number of nitrogens with zero attached hydrogens (tertiary/aromatic N) is 1. The maximum Gasteiger partial charge on any atom is 0.234 e. The second-order valence-electron chi connectivity index (χ2n) is 3.88. The predicted molar refractivity (Wildman–Crippen MR) is 79.4 cm³/mol. The molecule has 0 saturated heterocycles. The van der Waals surface area contributed by atoms with Crippen LogP contribution in [0.1, 0.15) is 0 Å². The van der Waals surface area contributed by atoms with Crippen molar-refractivity contribution in [1.82, 2.24) is 4.98 Å². The zero-order valence-corrected chi connectivity index (χ0v) is 11.8. The number of halogens is 2. The topological polar surface area (TPSA) is 68.0 Å². The molecule has 2 aromatic rings. The maximum atomic E-state index is 12.9. The fourth-order valence-corrected chi connectivity index (χ4v) is 2.18. The van der Waals surface area contributed by atoms with E-state index in [1.54, 1.807) is 12.1 Å². The van der Waals surface area contributed by atoms with Crippen LogP contribution in [0.5, 0.6) is 0 Å². The van der Waals surface area contributed by atoms with Gasteiger partial charge in [-0.15, -0.1) is 0 Å². The van der Waals surface area contributed by atoms with Gasteiger partial charge < -0.3 is 11.1 Å². The number of pyridine rings is 1. The lowest BCUT2D eigenvalue weighted by Gasteiger charge is -2.07. The SMILES string of the molecule is Nc1cc(F)ccc1NC(=O)CSc1ccc(Cl)cn1. The van der Waals surface area contributed by atoms with Crippen LogP contribution in [0.15, 0.2) is 41.6 Å². The molecule has 1 aromatic carbocycles. The smallest absolute Gasteiger partial charge is 0.234 e. The molecular formula is C13H11ClFN3OS. The number of amides is 1. The largest absolute Gasteiger partial charge is 0.397 e. The molecule has 0 aliphatic rings. The van der Waals surface area contributed by atoms with E-state index in [-0.39, 0.29) is 17.3 Å². The van der Waals surface area contributed by atoms with Gasteiger partial charge in [0, 0.05) is 6.20 Å². The summed E-state index contributed by atoms with van der Waals surface area (Å²) in [6, 6.07) is 7.25. The van der Waals surface area contributed by atoms with E-state index in [0.717, 1.165) is 6.07 Å². The lowest BCUT2D eigenvalue weighted by Crippen LogP contribution is -2.15. The Hall–Kier alpha value is -1.79. The lowest BCUT2D eigenvalue weighted by molar-refractivity contribution is -0.113. The second kappa shape index (κ2) is 6.58. The standard InChI is InChI=1S/C13H11ClFN3OS/c14-8-1-4-13(17-6-8)20-7-12(19)18-11-3-2-9(15)5-10(11)16/h1-6H,7,16H2,(H,18,19). The molecule has 7 heteroatoms. The quantitative estimate of drug-likeness (QED) is 0.672. The van der Waals surface area contributed by atoms with Crippen LogP contribution in [0, 0.1) is 5.82 Å². The van der Waals surface area contributed by atoms with Crippen LogP contribution in [-0.4, -0.2) is 16.6 Å². The first-order chi connectivity index (χ1) is 9.54. The number of nitrogens with one attached hydrogen (secondary N) is 1. The number of thioether (sulfide) groups is 1. The van der Waals surface area contributed by atoms with E-state index in [0.29, 0.717) is 15.7 Å². The van der Waals surface area contributed by atoms with E-state index in [1.165, 1.54) is 30.1 Å². The molecule has 0 unspecified atom stereocenters. The van der Waals surface area contributed by atoms with Gasteiger partial charge in [-0.25, -0.2) is 9.37 Å². The molecule has 1 heterocycles. The van der Waals surface area contributed by atoms with Crippen molar-refractivity contribution in [2.45, 2.75) is 5.03 Å². The maximum absolute atomic E-state index is 12.9. The first-order valence-electron chi connectivity index (χ1n) is 5.64. The van der Waals surface area contributed by atoms with Crippen LogP contribution in [0.25, 0.3) is 0 Å². The summed E-state index contributed by atoms with van der Waals surface area (Å²) in [4.78, 5) is 15.8. The highest BCUT2D eigenvalue weighted by atomic mass is 35.5. The van der Waals surface area contributed by atoms with Crippen LogP contribution in [0.4, 0.5) is 15.8 Å². The average Bonchev–Trinajstić information content (AvgIpc) is 2.41. The van der Waals surface area contributed by atoms with Gasteiger partial charge in [0.15, 0.2) is 0 Å². The van der Waals surface area contributed by atoms with E-state index in [1.807, 2.05) is 0 Å². The van der Waals surface area contributed by atoms with Crippen molar-refractivity contribution in [3.8, 4) is 0 Å². The molecule has 0 spiro atoms. The summed E-state index contributed by atoms with van der Waals surface area (Å²) < 4.78 is 12.9. The Morgan fingerprint density at radius 1 is 1.40 bits per heavy atom. The molecule has 0 fully saturated rings. The molecule has 0 saturated carbocycles. The molecule has 0 bridgehead atoms. The highest BCUT2D eigenvalue weighted by Crippen LogP contribution is 2.21. The van der Waals surface area contributed by atoms with Gasteiger partial charge in [-0.3, -0.25) is 4.79 Å². The van der Waals surface area contributed by atoms with E-state index < -0.39 is 5.82 Å². The fourth-order valence-electron chi connectivity index (χ4n) is 1.42. The van der Waals surface area contributed by atoms with Crippen molar-refractivity contribution in [3.05, 3.63) is 47.4 Å². The number of anilines is 2. The van der Waals surface area contributed by atoms with Gasteiger partial charge in [0.25, 0.3) is 0 Å². The van der Waals surface area contributed by atoms with Gasteiger partial charge in [0.05, 0.1) is 27.2 Å². The number of nitrogens with two attached hydrogens (primary N) is 1. The second-order valence-corrected chi connectivity index (χ2v) is 5.32. The summed E-state index contributed by atoms with van der Waals surface area (Å²) in [6.45, 7) is 0. The highest BCUT2D eigenvalue weighted by molar-refractivity contribution is 7.99. The number of aromatic nitrogens is 1. The monoisotopic (exact) mass is 311 g/mol. The van der Waals surface area contributed by atoms with Crippen LogP contribution in [0.2, 0.25) is 5.02 Å². The zero-order chi connectivity index (χ0) is 14.5. The number of nitrogen functional groups attached to an aromatic ring is 1.